The lowest BCUT2D eigenvalue weighted by molar-refractivity contribution is -0.124. The molecule has 0 aliphatic heterocycles. The third kappa shape index (κ3) is 4.54. The average Bonchev–Trinajstić information content (AvgIpc) is 3.31. The molecule has 0 saturated heterocycles. The number of carbonyl (C=O) groups is 1. The molecule has 1 aromatic heterocycles. The standard InChI is InChI=1S/C23H24FN3O5S/c1-13-22(14(2)32-26-13)33(29,30)27-20(15-8-10-17(24)11-9-15)23(28)25-19-12-16-6-4-5-7-18(16)21(19)31-3/h4-11,19-21,27H,12H2,1-3H3,(H,25,28)/t19?,20-,21?/m0/s1. The molecular formula is C23H24FN3O5S. The lowest BCUT2D eigenvalue weighted by Crippen LogP contribution is -2.46. The molecule has 1 aliphatic carbocycles. The molecule has 0 bridgehead atoms. The summed E-state index contributed by atoms with van der Waals surface area (Å²) in [5.74, 6) is -0.988. The first-order chi connectivity index (χ1) is 15.7. The summed E-state index contributed by atoms with van der Waals surface area (Å²) < 4.78 is 52.8. The van der Waals surface area contributed by atoms with E-state index in [9.17, 15) is 17.6 Å². The van der Waals surface area contributed by atoms with Gasteiger partial charge in [-0.15, -0.1) is 0 Å². The highest BCUT2D eigenvalue weighted by atomic mass is 32.2. The summed E-state index contributed by atoms with van der Waals surface area (Å²) >= 11 is 0. The summed E-state index contributed by atoms with van der Waals surface area (Å²) in [5.41, 5.74) is 2.47. The summed E-state index contributed by atoms with van der Waals surface area (Å²) in [6, 6.07) is 11.1. The summed E-state index contributed by atoms with van der Waals surface area (Å²) in [7, 11) is -2.62. The average molecular weight is 474 g/mol. The van der Waals surface area contributed by atoms with E-state index in [1.54, 1.807) is 7.11 Å². The van der Waals surface area contributed by atoms with Gasteiger partial charge in [0.1, 0.15) is 28.6 Å². The Hall–Kier alpha value is -3.08. The predicted octanol–water partition coefficient (Wildman–Crippen LogP) is 2.88. The van der Waals surface area contributed by atoms with E-state index in [0.717, 1.165) is 11.1 Å². The molecule has 3 aromatic rings. The van der Waals surface area contributed by atoms with Gasteiger partial charge in [0.15, 0.2) is 5.76 Å². The van der Waals surface area contributed by atoms with Crippen LogP contribution in [0.2, 0.25) is 0 Å². The molecule has 0 spiro atoms. The van der Waals surface area contributed by atoms with Gasteiger partial charge in [-0.1, -0.05) is 41.6 Å². The molecule has 3 atom stereocenters. The van der Waals surface area contributed by atoms with Gasteiger partial charge < -0.3 is 14.6 Å². The Morgan fingerprint density at radius 3 is 2.52 bits per heavy atom. The van der Waals surface area contributed by atoms with E-state index in [2.05, 4.69) is 15.2 Å². The molecule has 1 aliphatic rings. The highest BCUT2D eigenvalue weighted by Gasteiger charge is 2.37. The molecular weight excluding hydrogens is 449 g/mol. The van der Waals surface area contributed by atoms with Crippen molar-refractivity contribution in [3.8, 4) is 0 Å². The fourth-order valence-electron chi connectivity index (χ4n) is 4.24. The zero-order chi connectivity index (χ0) is 23.8. The van der Waals surface area contributed by atoms with Gasteiger partial charge in [0.25, 0.3) is 0 Å². The Morgan fingerprint density at radius 2 is 1.88 bits per heavy atom. The SMILES string of the molecule is COC1c2ccccc2CC1NC(=O)[C@@H](NS(=O)(=O)c1c(C)noc1C)c1ccc(F)cc1. The van der Waals surface area contributed by atoms with Crippen molar-refractivity contribution < 1.29 is 26.9 Å². The zero-order valence-corrected chi connectivity index (χ0v) is 19.1. The first-order valence-corrected chi connectivity index (χ1v) is 11.8. The monoisotopic (exact) mass is 473 g/mol. The van der Waals surface area contributed by atoms with Crippen LogP contribution in [0.1, 0.15) is 40.3 Å². The second-order valence-electron chi connectivity index (χ2n) is 7.93. The van der Waals surface area contributed by atoms with E-state index in [1.807, 2.05) is 24.3 Å². The fourth-order valence-corrected chi connectivity index (χ4v) is 5.76. The molecule has 0 radical (unpaired) electrons. The van der Waals surface area contributed by atoms with Crippen molar-refractivity contribution in [1.29, 1.82) is 0 Å². The quantitative estimate of drug-likeness (QED) is 0.546. The largest absolute Gasteiger partial charge is 0.375 e. The molecule has 8 nitrogen and oxygen atoms in total. The maximum Gasteiger partial charge on any atom is 0.247 e. The molecule has 2 N–H and O–H groups in total. The van der Waals surface area contributed by atoms with Gasteiger partial charge in [-0.25, -0.2) is 12.8 Å². The fraction of sp³-hybridized carbons (Fsp3) is 0.304. The maximum atomic E-state index is 13.5. The molecule has 2 unspecified atom stereocenters. The number of nitrogens with one attached hydrogen (secondary N) is 2. The van der Waals surface area contributed by atoms with Crippen LogP contribution in [-0.4, -0.2) is 32.6 Å². The van der Waals surface area contributed by atoms with E-state index >= 15 is 0 Å². The van der Waals surface area contributed by atoms with Crippen molar-refractivity contribution in [3.05, 3.63) is 82.5 Å². The maximum absolute atomic E-state index is 13.5. The van der Waals surface area contributed by atoms with Gasteiger partial charge in [-0.2, -0.15) is 4.72 Å². The van der Waals surface area contributed by atoms with Crippen LogP contribution < -0.4 is 10.0 Å². The van der Waals surface area contributed by atoms with Crippen molar-refractivity contribution in [2.75, 3.05) is 7.11 Å². The van der Waals surface area contributed by atoms with Crippen LogP contribution in [0.25, 0.3) is 0 Å². The molecule has 4 rings (SSSR count). The van der Waals surface area contributed by atoms with E-state index in [4.69, 9.17) is 9.26 Å². The molecule has 10 heteroatoms. The number of fused-ring (bicyclic) bond motifs is 1. The highest BCUT2D eigenvalue weighted by molar-refractivity contribution is 7.89. The number of sulfonamides is 1. The number of carbonyl (C=O) groups excluding carboxylic acids is 1. The van der Waals surface area contributed by atoms with Gasteiger partial charge in [-0.05, 0) is 49.1 Å². The van der Waals surface area contributed by atoms with E-state index in [-0.39, 0.29) is 28.0 Å². The Balaban J connectivity index is 1.64. The van der Waals surface area contributed by atoms with Crippen LogP contribution in [0.15, 0.2) is 57.9 Å². The Bertz CT molecular complexity index is 1250. The second kappa shape index (κ2) is 9.05. The van der Waals surface area contributed by atoms with Gasteiger partial charge >= 0.3 is 0 Å². The Morgan fingerprint density at radius 1 is 1.18 bits per heavy atom. The number of amides is 1. The molecule has 1 heterocycles. The van der Waals surface area contributed by atoms with Gasteiger partial charge in [0.05, 0.1) is 6.04 Å². The molecule has 1 amide bonds. The minimum absolute atomic E-state index is 0.101. The number of hydrogen-bond donors (Lipinski definition) is 2. The Labute approximate surface area is 191 Å². The third-order valence-corrected chi connectivity index (χ3v) is 7.39. The van der Waals surface area contributed by atoms with Crippen molar-refractivity contribution in [2.45, 2.75) is 43.4 Å². The smallest absolute Gasteiger partial charge is 0.247 e. The van der Waals surface area contributed by atoms with Crippen LogP contribution in [0.4, 0.5) is 4.39 Å². The summed E-state index contributed by atoms with van der Waals surface area (Å²) in [4.78, 5) is 13.3. The van der Waals surface area contributed by atoms with Crippen molar-refractivity contribution in [1.82, 2.24) is 15.2 Å². The van der Waals surface area contributed by atoms with Crippen LogP contribution >= 0.6 is 0 Å². The highest BCUT2D eigenvalue weighted by Crippen LogP contribution is 2.34. The summed E-state index contributed by atoms with van der Waals surface area (Å²) in [6.45, 7) is 2.97. The minimum Gasteiger partial charge on any atom is -0.375 e. The third-order valence-electron chi connectivity index (χ3n) is 5.72. The van der Waals surface area contributed by atoms with Gasteiger partial charge in [0, 0.05) is 7.11 Å². The first-order valence-electron chi connectivity index (χ1n) is 10.3. The summed E-state index contributed by atoms with van der Waals surface area (Å²) in [5, 5.41) is 6.60. The zero-order valence-electron chi connectivity index (χ0n) is 18.3. The molecule has 33 heavy (non-hydrogen) atoms. The van der Waals surface area contributed by atoms with Crippen molar-refractivity contribution in [2.24, 2.45) is 0 Å². The minimum atomic E-state index is -4.18. The van der Waals surface area contributed by atoms with Crippen LogP contribution in [0, 0.1) is 19.7 Å². The number of aromatic nitrogens is 1. The topological polar surface area (TPSA) is 111 Å². The van der Waals surface area contributed by atoms with Crippen LogP contribution in [-0.2, 0) is 26.0 Å². The van der Waals surface area contributed by atoms with E-state index in [1.165, 1.54) is 38.1 Å². The normalized spacial score (nSPS) is 18.7. The number of ether oxygens (including phenoxy) is 1. The number of halogens is 1. The number of aryl methyl sites for hydroxylation is 2. The van der Waals surface area contributed by atoms with Crippen LogP contribution in [0.3, 0.4) is 0 Å². The number of benzene rings is 2. The predicted molar refractivity (Wildman–Crippen MR) is 117 cm³/mol. The second-order valence-corrected chi connectivity index (χ2v) is 9.58. The van der Waals surface area contributed by atoms with Crippen LogP contribution in [0.5, 0.6) is 0 Å². The van der Waals surface area contributed by atoms with Crippen molar-refractivity contribution >= 4 is 15.9 Å². The number of nitrogens with zero attached hydrogens (tertiary/aromatic N) is 1. The number of methoxy groups -OCH3 is 1. The van der Waals surface area contributed by atoms with E-state index < -0.39 is 33.8 Å². The first kappa shape index (κ1) is 23.1. The Kier molecular flexibility index (Phi) is 6.33. The van der Waals surface area contributed by atoms with Gasteiger partial charge in [0.2, 0.25) is 15.9 Å². The lowest BCUT2D eigenvalue weighted by Gasteiger charge is -2.24. The molecule has 174 valence electrons. The van der Waals surface area contributed by atoms with Gasteiger partial charge in [-0.3, -0.25) is 4.79 Å². The molecule has 0 saturated carbocycles. The van der Waals surface area contributed by atoms with Crippen molar-refractivity contribution in [3.63, 3.8) is 0 Å². The number of hydrogen-bond acceptors (Lipinski definition) is 6. The number of rotatable bonds is 7. The molecule has 2 aromatic carbocycles. The summed E-state index contributed by atoms with van der Waals surface area (Å²) in [6.07, 6.45) is 0.158. The van der Waals surface area contributed by atoms with E-state index in [0.29, 0.717) is 6.42 Å². The molecule has 0 fully saturated rings. The lowest BCUT2D eigenvalue weighted by atomic mass is 10.1.